The third-order valence-electron chi connectivity index (χ3n) is 3.47. The molecule has 0 heterocycles. The van der Waals surface area contributed by atoms with E-state index in [0.717, 1.165) is 11.8 Å². The topological polar surface area (TPSA) is 31.5 Å². The van der Waals surface area contributed by atoms with Crippen LogP contribution in [0, 0.1) is 11.8 Å². The maximum atomic E-state index is 2.46. The normalized spacial score (nSPS) is 20.8. The van der Waals surface area contributed by atoms with E-state index in [1.807, 2.05) is 0 Å². The minimum atomic E-state index is 0. The van der Waals surface area contributed by atoms with E-state index in [9.17, 15) is 0 Å². The average Bonchev–Trinajstić information content (AvgIpc) is 2.15. The highest BCUT2D eigenvalue weighted by Gasteiger charge is 2.18. The Kier molecular flexibility index (Phi) is 7.35. The molecule has 1 unspecified atom stereocenters. The van der Waals surface area contributed by atoms with Crippen LogP contribution >= 0.6 is 0 Å². The Morgan fingerprint density at radius 1 is 1.15 bits per heavy atom. The molecule has 2 N–H and O–H groups in total. The average molecular weight is 186 g/mol. The van der Waals surface area contributed by atoms with Gasteiger partial charge in [-0.15, -0.1) is 0 Å². The fourth-order valence-electron chi connectivity index (χ4n) is 2.47. The molecule has 1 aliphatic rings. The van der Waals surface area contributed by atoms with Crippen LogP contribution in [-0.2, 0) is 0 Å². The highest BCUT2D eigenvalue weighted by Crippen LogP contribution is 2.32. The number of unbranched alkanes of at least 4 members (excludes halogenated alkanes) is 1. The van der Waals surface area contributed by atoms with Crippen molar-refractivity contribution >= 4 is 0 Å². The van der Waals surface area contributed by atoms with Gasteiger partial charge in [-0.25, -0.2) is 0 Å². The van der Waals surface area contributed by atoms with Crippen LogP contribution in [0.15, 0.2) is 0 Å². The van der Waals surface area contributed by atoms with Crippen LogP contribution in [-0.4, -0.2) is 5.48 Å². The molecule has 1 heteroatoms. The van der Waals surface area contributed by atoms with Crippen LogP contribution in [0.25, 0.3) is 0 Å². The maximum absolute atomic E-state index is 2.46. The molecular weight excluding hydrogens is 160 g/mol. The van der Waals surface area contributed by atoms with Gasteiger partial charge in [0.05, 0.1) is 0 Å². The lowest BCUT2D eigenvalue weighted by atomic mass is 9.79. The fraction of sp³-hybridized carbons (Fsp3) is 1.00. The first kappa shape index (κ1) is 13.0. The van der Waals surface area contributed by atoms with Crippen molar-refractivity contribution in [3.05, 3.63) is 0 Å². The number of hydrogen-bond acceptors (Lipinski definition) is 0. The zero-order chi connectivity index (χ0) is 8.81. The molecule has 0 aromatic carbocycles. The first-order valence-electron chi connectivity index (χ1n) is 5.84. The summed E-state index contributed by atoms with van der Waals surface area (Å²) < 4.78 is 0. The van der Waals surface area contributed by atoms with Crippen LogP contribution in [0.5, 0.6) is 0 Å². The predicted octanol–water partition coefficient (Wildman–Crippen LogP) is 3.57. The zero-order valence-electron chi connectivity index (χ0n) is 9.31. The standard InChI is InChI=1S/C12H24.H2O/c1-3-4-8-11(2)12-9-6-5-7-10-12;/h11-12H,3-10H2,1-2H3;1H2. The van der Waals surface area contributed by atoms with Gasteiger partial charge in [-0.3, -0.25) is 0 Å². The Morgan fingerprint density at radius 3 is 2.31 bits per heavy atom. The van der Waals surface area contributed by atoms with Gasteiger partial charge in [0, 0.05) is 0 Å². The molecule has 1 saturated carbocycles. The lowest BCUT2D eigenvalue weighted by molar-refractivity contribution is 0.248. The Hall–Kier alpha value is -0.0400. The van der Waals surface area contributed by atoms with E-state index in [0.29, 0.717) is 0 Å². The van der Waals surface area contributed by atoms with Crippen LogP contribution in [0.3, 0.4) is 0 Å². The third kappa shape index (κ3) is 4.66. The monoisotopic (exact) mass is 186 g/mol. The van der Waals surface area contributed by atoms with Gasteiger partial charge in [-0.2, -0.15) is 0 Å². The summed E-state index contributed by atoms with van der Waals surface area (Å²) in [6, 6.07) is 0. The Labute approximate surface area is 83.2 Å². The first-order valence-corrected chi connectivity index (χ1v) is 5.84. The summed E-state index contributed by atoms with van der Waals surface area (Å²) in [6.45, 7) is 4.76. The van der Waals surface area contributed by atoms with Gasteiger partial charge in [-0.1, -0.05) is 65.2 Å². The summed E-state index contributed by atoms with van der Waals surface area (Å²) >= 11 is 0. The molecule has 1 aliphatic carbocycles. The molecule has 0 radical (unpaired) electrons. The van der Waals surface area contributed by atoms with E-state index < -0.39 is 0 Å². The molecule has 0 bridgehead atoms. The van der Waals surface area contributed by atoms with Crippen molar-refractivity contribution in [2.45, 2.75) is 65.2 Å². The number of hydrogen-bond donors (Lipinski definition) is 0. The van der Waals surface area contributed by atoms with Crippen molar-refractivity contribution in [1.29, 1.82) is 0 Å². The third-order valence-corrected chi connectivity index (χ3v) is 3.47. The molecule has 0 aliphatic heterocycles. The van der Waals surface area contributed by atoms with Crippen molar-refractivity contribution in [1.82, 2.24) is 0 Å². The van der Waals surface area contributed by atoms with Crippen molar-refractivity contribution in [2.24, 2.45) is 11.8 Å². The van der Waals surface area contributed by atoms with Crippen LogP contribution in [0.4, 0.5) is 0 Å². The second-order valence-corrected chi connectivity index (χ2v) is 4.52. The van der Waals surface area contributed by atoms with Gasteiger partial charge in [0.1, 0.15) is 0 Å². The maximum Gasteiger partial charge on any atom is -0.0388 e. The van der Waals surface area contributed by atoms with E-state index >= 15 is 0 Å². The molecule has 0 amide bonds. The van der Waals surface area contributed by atoms with Gasteiger partial charge >= 0.3 is 0 Å². The smallest absolute Gasteiger partial charge is 0.0388 e. The van der Waals surface area contributed by atoms with E-state index in [1.165, 1.54) is 51.4 Å². The van der Waals surface area contributed by atoms with Crippen LogP contribution < -0.4 is 0 Å². The molecule has 1 atom stereocenters. The SMILES string of the molecule is CCCCC(C)C1CCCCC1.O. The van der Waals surface area contributed by atoms with Gasteiger partial charge in [0.15, 0.2) is 0 Å². The summed E-state index contributed by atoms with van der Waals surface area (Å²) in [5.74, 6) is 2.08. The van der Waals surface area contributed by atoms with Crippen molar-refractivity contribution in [3.8, 4) is 0 Å². The van der Waals surface area contributed by atoms with Crippen LogP contribution in [0.1, 0.15) is 65.2 Å². The highest BCUT2D eigenvalue weighted by molar-refractivity contribution is 4.70. The molecule has 0 saturated heterocycles. The largest absolute Gasteiger partial charge is 0.412 e. The minimum absolute atomic E-state index is 0. The Balaban J connectivity index is 0.00000144. The van der Waals surface area contributed by atoms with Crippen molar-refractivity contribution in [2.75, 3.05) is 0 Å². The predicted molar refractivity (Wildman–Crippen MR) is 58.9 cm³/mol. The molecule has 1 fully saturated rings. The molecule has 0 aromatic rings. The number of rotatable bonds is 4. The zero-order valence-corrected chi connectivity index (χ0v) is 9.31. The van der Waals surface area contributed by atoms with Crippen molar-refractivity contribution < 1.29 is 5.48 Å². The van der Waals surface area contributed by atoms with E-state index in [2.05, 4.69) is 13.8 Å². The molecule has 13 heavy (non-hydrogen) atoms. The van der Waals surface area contributed by atoms with E-state index in [1.54, 1.807) is 0 Å². The summed E-state index contributed by atoms with van der Waals surface area (Å²) in [5.41, 5.74) is 0. The first-order chi connectivity index (χ1) is 5.84. The minimum Gasteiger partial charge on any atom is -0.412 e. The lowest BCUT2D eigenvalue weighted by Crippen LogP contribution is -2.15. The second-order valence-electron chi connectivity index (χ2n) is 4.52. The second kappa shape index (κ2) is 7.37. The molecule has 80 valence electrons. The van der Waals surface area contributed by atoms with Crippen molar-refractivity contribution in [3.63, 3.8) is 0 Å². The van der Waals surface area contributed by atoms with Gasteiger partial charge in [0.2, 0.25) is 0 Å². The van der Waals surface area contributed by atoms with E-state index in [-0.39, 0.29) is 5.48 Å². The van der Waals surface area contributed by atoms with Gasteiger partial charge < -0.3 is 5.48 Å². The summed E-state index contributed by atoms with van der Waals surface area (Å²) in [7, 11) is 0. The summed E-state index contributed by atoms with van der Waals surface area (Å²) in [6.07, 6.45) is 11.8. The molecule has 1 nitrogen and oxygen atoms in total. The summed E-state index contributed by atoms with van der Waals surface area (Å²) in [4.78, 5) is 0. The molecule has 0 aromatic heterocycles. The molecule has 1 rings (SSSR count). The molecular formula is C12H26O. The van der Waals surface area contributed by atoms with Gasteiger partial charge in [0.25, 0.3) is 0 Å². The fourth-order valence-corrected chi connectivity index (χ4v) is 2.47. The van der Waals surface area contributed by atoms with Crippen LogP contribution in [0.2, 0.25) is 0 Å². The van der Waals surface area contributed by atoms with Gasteiger partial charge in [-0.05, 0) is 11.8 Å². The molecule has 0 spiro atoms. The lowest BCUT2D eigenvalue weighted by Gasteiger charge is -2.27. The Bertz CT molecular complexity index is 106. The highest BCUT2D eigenvalue weighted by atomic mass is 16.0. The summed E-state index contributed by atoms with van der Waals surface area (Å²) in [5, 5.41) is 0. The van der Waals surface area contributed by atoms with E-state index in [4.69, 9.17) is 0 Å². The quantitative estimate of drug-likeness (QED) is 0.643. The Morgan fingerprint density at radius 2 is 1.77 bits per heavy atom.